The predicted octanol–water partition coefficient (Wildman–Crippen LogP) is 1.81. The maximum Gasteiger partial charge on any atom is 0.260 e. The first kappa shape index (κ1) is 10.6. The van der Waals surface area contributed by atoms with Gasteiger partial charge in [0.15, 0.2) is 0 Å². The Kier molecular flexibility index (Phi) is 3.38. The summed E-state index contributed by atoms with van der Waals surface area (Å²) in [5.41, 5.74) is 0.437. The quantitative estimate of drug-likeness (QED) is 0.338. The van der Waals surface area contributed by atoms with Crippen LogP contribution in [-0.4, -0.2) is 22.1 Å². The van der Waals surface area contributed by atoms with E-state index in [0.29, 0.717) is 16.3 Å². The van der Waals surface area contributed by atoms with Crippen LogP contribution < -0.4 is 0 Å². The van der Waals surface area contributed by atoms with Crippen molar-refractivity contribution in [3.8, 4) is 0 Å². The third-order valence-electron chi connectivity index (χ3n) is 1.60. The molecule has 70 valence electrons. The van der Waals surface area contributed by atoms with Crippen molar-refractivity contribution in [1.82, 2.24) is 0 Å². The number of alkyl halides is 1. The second-order valence-corrected chi connectivity index (χ2v) is 4.46. The highest BCUT2D eigenvalue weighted by Crippen LogP contribution is 2.28. The summed E-state index contributed by atoms with van der Waals surface area (Å²) in [6, 6.07) is -0.844. The van der Waals surface area contributed by atoms with Crippen molar-refractivity contribution in [2.75, 3.05) is 0 Å². The SMILES string of the molecule is O=CC1=CC(Br)C([N+](=O)[O-])C(Br)=C1. The summed E-state index contributed by atoms with van der Waals surface area (Å²) in [6.07, 6.45) is 3.63. The fraction of sp³-hybridized carbons (Fsp3) is 0.286. The smallest absolute Gasteiger partial charge is 0.260 e. The van der Waals surface area contributed by atoms with Gasteiger partial charge in [-0.05, 0) is 22.0 Å². The lowest BCUT2D eigenvalue weighted by Gasteiger charge is -2.16. The maximum atomic E-state index is 10.6. The lowest BCUT2D eigenvalue weighted by atomic mass is 10.0. The van der Waals surface area contributed by atoms with Crippen molar-refractivity contribution in [3.63, 3.8) is 0 Å². The molecular weight excluding hydrogens is 306 g/mol. The summed E-state index contributed by atoms with van der Waals surface area (Å²) in [7, 11) is 0. The topological polar surface area (TPSA) is 60.2 Å². The Morgan fingerprint density at radius 3 is 2.62 bits per heavy atom. The molecule has 0 amide bonds. The van der Waals surface area contributed by atoms with Gasteiger partial charge in [0.25, 0.3) is 6.04 Å². The minimum absolute atomic E-state index is 0.405. The number of hydrogen-bond donors (Lipinski definition) is 0. The van der Waals surface area contributed by atoms with Crippen LogP contribution >= 0.6 is 31.9 Å². The van der Waals surface area contributed by atoms with Crippen LogP contribution in [0.15, 0.2) is 22.2 Å². The average molecular weight is 311 g/mol. The molecule has 0 saturated heterocycles. The molecular formula is C7H5Br2NO3. The summed E-state index contributed by atoms with van der Waals surface area (Å²) < 4.78 is 0.406. The number of hydrogen-bond acceptors (Lipinski definition) is 3. The molecule has 0 aromatic carbocycles. The zero-order chi connectivity index (χ0) is 10.0. The Bertz CT molecular complexity index is 311. The molecule has 0 aliphatic heterocycles. The molecule has 0 spiro atoms. The molecule has 0 fully saturated rings. The Hall–Kier alpha value is -0.490. The zero-order valence-electron chi connectivity index (χ0n) is 6.31. The third kappa shape index (κ3) is 2.25. The molecule has 1 aliphatic carbocycles. The first-order chi connectivity index (χ1) is 6.06. The molecule has 0 bridgehead atoms. The van der Waals surface area contributed by atoms with Crippen LogP contribution in [0.1, 0.15) is 0 Å². The second kappa shape index (κ2) is 4.15. The molecule has 0 aromatic rings. The molecule has 0 aromatic heterocycles. The van der Waals surface area contributed by atoms with Gasteiger partial charge in [0.2, 0.25) is 0 Å². The summed E-state index contributed by atoms with van der Waals surface area (Å²) in [5, 5.41) is 10.6. The molecule has 13 heavy (non-hydrogen) atoms. The van der Waals surface area contributed by atoms with Gasteiger partial charge in [-0.1, -0.05) is 22.0 Å². The fourth-order valence-corrected chi connectivity index (χ4v) is 2.86. The summed E-state index contributed by atoms with van der Waals surface area (Å²) in [4.78, 5) is 20.1. The van der Waals surface area contributed by atoms with Gasteiger partial charge in [-0.15, -0.1) is 0 Å². The molecule has 1 aliphatic rings. The van der Waals surface area contributed by atoms with Crippen molar-refractivity contribution in [2.45, 2.75) is 10.9 Å². The van der Waals surface area contributed by atoms with E-state index in [2.05, 4.69) is 31.9 Å². The molecule has 0 saturated carbocycles. The van der Waals surface area contributed by atoms with Crippen LogP contribution in [-0.2, 0) is 4.79 Å². The highest BCUT2D eigenvalue weighted by atomic mass is 79.9. The number of nitrogens with zero attached hydrogens (tertiary/aromatic N) is 1. The summed E-state index contributed by atoms with van der Waals surface area (Å²) in [6.45, 7) is 0. The highest BCUT2D eigenvalue weighted by molar-refractivity contribution is 9.12. The van der Waals surface area contributed by atoms with Crippen molar-refractivity contribution in [3.05, 3.63) is 32.3 Å². The number of carbonyl (C=O) groups is 1. The molecule has 0 radical (unpaired) electrons. The zero-order valence-corrected chi connectivity index (χ0v) is 9.49. The molecule has 6 heteroatoms. The van der Waals surface area contributed by atoms with Crippen LogP contribution in [0, 0.1) is 10.1 Å². The Balaban J connectivity index is 2.99. The van der Waals surface area contributed by atoms with Gasteiger partial charge in [-0.25, -0.2) is 0 Å². The monoisotopic (exact) mass is 309 g/mol. The van der Waals surface area contributed by atoms with Crippen molar-refractivity contribution in [2.24, 2.45) is 0 Å². The molecule has 0 N–H and O–H groups in total. The van der Waals surface area contributed by atoms with E-state index in [1.165, 1.54) is 12.2 Å². The van der Waals surface area contributed by atoms with Gasteiger partial charge in [0.05, 0.1) is 4.48 Å². The van der Waals surface area contributed by atoms with E-state index in [1.54, 1.807) is 0 Å². The fourth-order valence-electron chi connectivity index (χ4n) is 1.01. The van der Waals surface area contributed by atoms with Gasteiger partial charge in [-0.3, -0.25) is 14.9 Å². The van der Waals surface area contributed by atoms with Crippen molar-refractivity contribution >= 4 is 38.1 Å². The van der Waals surface area contributed by atoms with Crippen LogP contribution in [0.3, 0.4) is 0 Å². The standard InChI is InChI=1S/C7H5Br2NO3/c8-5-1-4(3-11)2-6(9)7(5)10(12)13/h1-3,5,7H. The van der Waals surface area contributed by atoms with E-state index in [1.807, 2.05) is 0 Å². The minimum atomic E-state index is -0.844. The maximum absolute atomic E-state index is 10.6. The molecule has 2 atom stereocenters. The largest absolute Gasteiger partial charge is 0.298 e. The van der Waals surface area contributed by atoms with E-state index < -0.39 is 15.8 Å². The van der Waals surface area contributed by atoms with E-state index in [4.69, 9.17) is 0 Å². The van der Waals surface area contributed by atoms with Gasteiger partial charge in [0, 0.05) is 10.5 Å². The normalized spacial score (nSPS) is 27.5. The molecule has 2 unspecified atom stereocenters. The Morgan fingerprint density at radius 2 is 2.23 bits per heavy atom. The molecule has 4 nitrogen and oxygen atoms in total. The van der Waals surface area contributed by atoms with Crippen LogP contribution in [0.5, 0.6) is 0 Å². The second-order valence-electron chi connectivity index (χ2n) is 2.49. The first-order valence-corrected chi connectivity index (χ1v) is 5.08. The van der Waals surface area contributed by atoms with Crippen LogP contribution in [0.4, 0.5) is 0 Å². The molecule has 1 rings (SSSR count). The van der Waals surface area contributed by atoms with E-state index in [-0.39, 0.29) is 0 Å². The van der Waals surface area contributed by atoms with Crippen LogP contribution in [0.2, 0.25) is 0 Å². The van der Waals surface area contributed by atoms with E-state index >= 15 is 0 Å². The van der Waals surface area contributed by atoms with Crippen molar-refractivity contribution in [1.29, 1.82) is 0 Å². The Morgan fingerprint density at radius 1 is 1.62 bits per heavy atom. The lowest BCUT2D eigenvalue weighted by Crippen LogP contribution is -2.31. The van der Waals surface area contributed by atoms with Gasteiger partial charge in [-0.2, -0.15) is 0 Å². The number of aldehydes is 1. The summed E-state index contributed by atoms with van der Waals surface area (Å²) >= 11 is 6.20. The van der Waals surface area contributed by atoms with Gasteiger partial charge in [0.1, 0.15) is 11.1 Å². The van der Waals surface area contributed by atoms with Crippen LogP contribution in [0.25, 0.3) is 0 Å². The Labute approximate surface area is 91.1 Å². The van der Waals surface area contributed by atoms with Gasteiger partial charge >= 0.3 is 0 Å². The van der Waals surface area contributed by atoms with E-state index in [9.17, 15) is 14.9 Å². The number of nitro groups is 1. The summed E-state index contributed by atoms with van der Waals surface area (Å²) in [5.74, 6) is 0. The number of carbonyl (C=O) groups excluding carboxylic acids is 1. The van der Waals surface area contributed by atoms with Gasteiger partial charge < -0.3 is 0 Å². The highest BCUT2D eigenvalue weighted by Gasteiger charge is 2.33. The lowest BCUT2D eigenvalue weighted by molar-refractivity contribution is -0.507. The molecule has 0 heterocycles. The average Bonchev–Trinajstić information content (AvgIpc) is 2.02. The number of allylic oxidation sites excluding steroid dienone is 2. The predicted molar refractivity (Wildman–Crippen MR) is 54.7 cm³/mol. The van der Waals surface area contributed by atoms with Crippen molar-refractivity contribution < 1.29 is 9.72 Å². The third-order valence-corrected chi connectivity index (χ3v) is 3.07. The minimum Gasteiger partial charge on any atom is -0.298 e. The number of rotatable bonds is 2. The first-order valence-electron chi connectivity index (χ1n) is 3.38. The number of halogens is 2. The van der Waals surface area contributed by atoms with E-state index in [0.717, 1.165) is 0 Å².